The zero-order valence-corrected chi connectivity index (χ0v) is 10.7. The summed E-state index contributed by atoms with van der Waals surface area (Å²) < 4.78 is 0. The summed E-state index contributed by atoms with van der Waals surface area (Å²) in [5, 5.41) is 5.36. The van der Waals surface area contributed by atoms with Crippen LogP contribution >= 0.6 is 0 Å². The first-order valence-electron chi connectivity index (χ1n) is 6.29. The maximum absolute atomic E-state index is 11.4. The molecule has 0 aliphatic carbocycles. The topological polar surface area (TPSA) is 58.2 Å². The minimum absolute atomic E-state index is 0.0631. The van der Waals surface area contributed by atoms with E-state index in [1.807, 2.05) is 37.3 Å². The van der Waals surface area contributed by atoms with Crippen molar-refractivity contribution in [2.45, 2.75) is 26.2 Å². The van der Waals surface area contributed by atoms with Crippen LogP contribution in [-0.4, -0.2) is 24.9 Å². The predicted molar refractivity (Wildman–Crippen MR) is 71.1 cm³/mol. The first-order chi connectivity index (χ1) is 8.72. The van der Waals surface area contributed by atoms with Crippen molar-refractivity contribution in [3.8, 4) is 0 Å². The lowest BCUT2D eigenvalue weighted by atomic mass is 10.1. The molecule has 2 amide bonds. The van der Waals surface area contributed by atoms with Crippen molar-refractivity contribution in [3.63, 3.8) is 0 Å². The van der Waals surface area contributed by atoms with Crippen LogP contribution in [0.25, 0.3) is 0 Å². The van der Waals surface area contributed by atoms with Crippen molar-refractivity contribution in [2.24, 2.45) is 0 Å². The Labute approximate surface area is 108 Å². The van der Waals surface area contributed by atoms with Crippen LogP contribution in [0.5, 0.6) is 0 Å². The van der Waals surface area contributed by atoms with Crippen molar-refractivity contribution in [1.29, 1.82) is 0 Å². The van der Waals surface area contributed by atoms with Crippen LogP contribution < -0.4 is 10.6 Å². The van der Waals surface area contributed by atoms with Gasteiger partial charge < -0.3 is 10.6 Å². The van der Waals surface area contributed by atoms with Gasteiger partial charge in [-0.05, 0) is 18.4 Å². The maximum Gasteiger partial charge on any atom is 0.239 e. The molecule has 0 radical (unpaired) electrons. The third-order valence-corrected chi connectivity index (χ3v) is 2.50. The van der Waals surface area contributed by atoms with Crippen molar-refractivity contribution in [2.75, 3.05) is 13.1 Å². The summed E-state index contributed by atoms with van der Waals surface area (Å²) in [6.45, 7) is 2.58. The van der Waals surface area contributed by atoms with Gasteiger partial charge in [0, 0.05) is 13.0 Å². The molecule has 4 nitrogen and oxygen atoms in total. The summed E-state index contributed by atoms with van der Waals surface area (Å²) in [6, 6.07) is 9.96. The fourth-order valence-corrected chi connectivity index (χ4v) is 1.55. The molecule has 0 saturated carbocycles. The van der Waals surface area contributed by atoms with Crippen LogP contribution in [0.15, 0.2) is 30.3 Å². The van der Waals surface area contributed by atoms with Gasteiger partial charge in [0.25, 0.3) is 0 Å². The second-order valence-electron chi connectivity index (χ2n) is 4.11. The Hall–Kier alpha value is -1.84. The number of hydrogen-bond acceptors (Lipinski definition) is 2. The molecule has 4 heteroatoms. The van der Waals surface area contributed by atoms with Gasteiger partial charge in [0.05, 0.1) is 6.54 Å². The van der Waals surface area contributed by atoms with Crippen LogP contribution in [0.3, 0.4) is 0 Å². The zero-order chi connectivity index (χ0) is 13.2. The van der Waals surface area contributed by atoms with Gasteiger partial charge in [-0.3, -0.25) is 9.59 Å². The molecule has 0 aliphatic rings. The van der Waals surface area contributed by atoms with E-state index in [0.29, 0.717) is 13.0 Å². The number of hydrogen-bond donors (Lipinski definition) is 2. The molecule has 98 valence electrons. The van der Waals surface area contributed by atoms with Gasteiger partial charge in [-0.2, -0.15) is 0 Å². The standard InChI is InChI=1S/C14H20N2O2/c1-2-6-13(17)16-11-14(18)15-10-9-12-7-4-3-5-8-12/h3-5,7-8H,2,6,9-11H2,1H3,(H,15,18)(H,16,17). The Morgan fingerprint density at radius 1 is 1.06 bits per heavy atom. The van der Waals surface area contributed by atoms with Gasteiger partial charge in [0.2, 0.25) is 11.8 Å². The minimum atomic E-state index is -0.143. The molecule has 18 heavy (non-hydrogen) atoms. The Morgan fingerprint density at radius 2 is 1.78 bits per heavy atom. The Kier molecular flexibility index (Phi) is 6.54. The van der Waals surface area contributed by atoms with Crippen molar-refractivity contribution in [3.05, 3.63) is 35.9 Å². The molecule has 0 spiro atoms. The quantitative estimate of drug-likeness (QED) is 0.763. The van der Waals surface area contributed by atoms with E-state index >= 15 is 0 Å². The lowest BCUT2D eigenvalue weighted by Gasteiger charge is -2.06. The van der Waals surface area contributed by atoms with E-state index in [9.17, 15) is 9.59 Å². The Morgan fingerprint density at radius 3 is 2.44 bits per heavy atom. The largest absolute Gasteiger partial charge is 0.354 e. The van der Waals surface area contributed by atoms with Gasteiger partial charge in [-0.25, -0.2) is 0 Å². The molecule has 0 saturated heterocycles. The zero-order valence-electron chi connectivity index (χ0n) is 10.7. The average Bonchev–Trinajstić information content (AvgIpc) is 2.38. The van der Waals surface area contributed by atoms with E-state index in [1.165, 1.54) is 5.56 Å². The third-order valence-electron chi connectivity index (χ3n) is 2.50. The molecule has 0 bridgehead atoms. The summed E-state index contributed by atoms with van der Waals surface area (Å²) >= 11 is 0. The van der Waals surface area contributed by atoms with Crippen LogP contribution in [0.4, 0.5) is 0 Å². The molecule has 1 aromatic rings. The second kappa shape index (κ2) is 8.28. The van der Waals surface area contributed by atoms with E-state index in [0.717, 1.165) is 12.8 Å². The van der Waals surface area contributed by atoms with E-state index in [1.54, 1.807) is 0 Å². The van der Waals surface area contributed by atoms with Crippen molar-refractivity contribution < 1.29 is 9.59 Å². The minimum Gasteiger partial charge on any atom is -0.354 e. The second-order valence-corrected chi connectivity index (χ2v) is 4.11. The molecule has 0 atom stereocenters. The van der Waals surface area contributed by atoms with E-state index in [-0.39, 0.29) is 18.4 Å². The monoisotopic (exact) mass is 248 g/mol. The SMILES string of the molecule is CCCC(=O)NCC(=O)NCCc1ccccc1. The van der Waals surface area contributed by atoms with E-state index in [2.05, 4.69) is 10.6 Å². The molecular formula is C14H20N2O2. The number of nitrogens with one attached hydrogen (secondary N) is 2. The van der Waals surface area contributed by atoms with Gasteiger partial charge in [0.1, 0.15) is 0 Å². The molecule has 0 aromatic heterocycles. The first-order valence-corrected chi connectivity index (χ1v) is 6.29. The smallest absolute Gasteiger partial charge is 0.239 e. The van der Waals surface area contributed by atoms with Crippen LogP contribution in [0, 0.1) is 0 Å². The van der Waals surface area contributed by atoms with Gasteiger partial charge in [0.15, 0.2) is 0 Å². The van der Waals surface area contributed by atoms with E-state index < -0.39 is 0 Å². The first kappa shape index (κ1) is 14.2. The highest BCUT2D eigenvalue weighted by Crippen LogP contribution is 1.97. The molecule has 1 aromatic carbocycles. The van der Waals surface area contributed by atoms with E-state index in [4.69, 9.17) is 0 Å². The molecule has 2 N–H and O–H groups in total. The summed E-state index contributed by atoms with van der Waals surface area (Å²) in [5.41, 5.74) is 1.19. The van der Waals surface area contributed by atoms with Crippen molar-refractivity contribution in [1.82, 2.24) is 10.6 Å². The van der Waals surface area contributed by atoms with Crippen LogP contribution in [-0.2, 0) is 16.0 Å². The van der Waals surface area contributed by atoms with Crippen molar-refractivity contribution >= 4 is 11.8 Å². The Balaban J connectivity index is 2.12. The lowest BCUT2D eigenvalue weighted by Crippen LogP contribution is -2.37. The summed E-state index contributed by atoms with van der Waals surface area (Å²) in [5.74, 6) is -0.217. The van der Waals surface area contributed by atoms with Crippen LogP contribution in [0.1, 0.15) is 25.3 Å². The number of rotatable bonds is 7. The normalized spacial score (nSPS) is 9.83. The number of amides is 2. The summed E-state index contributed by atoms with van der Waals surface area (Å²) in [4.78, 5) is 22.6. The maximum atomic E-state index is 11.4. The molecular weight excluding hydrogens is 228 g/mol. The highest BCUT2D eigenvalue weighted by atomic mass is 16.2. The van der Waals surface area contributed by atoms with Crippen LogP contribution in [0.2, 0.25) is 0 Å². The third kappa shape index (κ3) is 6.03. The average molecular weight is 248 g/mol. The van der Waals surface area contributed by atoms with Gasteiger partial charge in [-0.15, -0.1) is 0 Å². The highest BCUT2D eigenvalue weighted by Gasteiger charge is 2.03. The fourth-order valence-electron chi connectivity index (χ4n) is 1.55. The summed E-state index contributed by atoms with van der Waals surface area (Å²) in [7, 11) is 0. The number of carbonyl (C=O) groups excluding carboxylic acids is 2. The lowest BCUT2D eigenvalue weighted by molar-refractivity contribution is -0.126. The molecule has 0 unspecified atom stereocenters. The molecule has 0 fully saturated rings. The highest BCUT2D eigenvalue weighted by molar-refractivity contribution is 5.84. The predicted octanol–water partition coefficient (Wildman–Crippen LogP) is 1.26. The number of benzene rings is 1. The molecule has 1 rings (SSSR count). The summed E-state index contributed by atoms with van der Waals surface area (Å²) in [6.07, 6.45) is 2.06. The van der Waals surface area contributed by atoms with Gasteiger partial charge in [-0.1, -0.05) is 37.3 Å². The molecule has 0 heterocycles. The Bertz CT molecular complexity index is 377. The van der Waals surface area contributed by atoms with Gasteiger partial charge >= 0.3 is 0 Å². The number of carbonyl (C=O) groups is 2. The fraction of sp³-hybridized carbons (Fsp3) is 0.429. The molecule has 0 aliphatic heterocycles.